The number of nitriles is 1. The van der Waals surface area contributed by atoms with E-state index in [1.807, 2.05) is 25.1 Å². The molecule has 0 fully saturated rings. The monoisotopic (exact) mass is 232 g/mol. The van der Waals surface area contributed by atoms with Crippen molar-refractivity contribution < 1.29 is 0 Å². The number of halogens is 1. The molecule has 0 unspecified atom stereocenters. The predicted octanol–water partition coefficient (Wildman–Crippen LogP) is 2.35. The first-order chi connectivity index (χ1) is 7.76. The Labute approximate surface area is 98.1 Å². The van der Waals surface area contributed by atoms with Crippen LogP contribution in [0, 0.1) is 11.3 Å². The maximum Gasteiger partial charge on any atom is 0.186 e. The summed E-state index contributed by atoms with van der Waals surface area (Å²) in [6.07, 6.45) is 0.707. The number of nitrogens with zero attached hydrogens (tertiary/aromatic N) is 4. The molecule has 0 aliphatic rings. The van der Waals surface area contributed by atoms with Gasteiger partial charge in [0.25, 0.3) is 0 Å². The fourth-order valence-electron chi connectivity index (χ4n) is 1.50. The van der Waals surface area contributed by atoms with Gasteiger partial charge < -0.3 is 0 Å². The average molecular weight is 233 g/mol. The van der Waals surface area contributed by atoms with Crippen LogP contribution in [-0.4, -0.2) is 15.0 Å². The summed E-state index contributed by atoms with van der Waals surface area (Å²) < 4.78 is 1.66. The van der Waals surface area contributed by atoms with E-state index in [2.05, 4.69) is 10.3 Å². The minimum absolute atomic E-state index is 0.373. The first kappa shape index (κ1) is 10.7. The predicted molar refractivity (Wildman–Crippen MR) is 60.5 cm³/mol. The van der Waals surface area contributed by atoms with Crippen molar-refractivity contribution >= 4 is 11.6 Å². The molecule has 16 heavy (non-hydrogen) atoms. The van der Waals surface area contributed by atoms with Gasteiger partial charge in [0.2, 0.25) is 0 Å². The molecular formula is C11H9ClN4. The van der Waals surface area contributed by atoms with E-state index in [9.17, 15) is 0 Å². The van der Waals surface area contributed by atoms with Crippen LogP contribution in [0.2, 0.25) is 5.02 Å². The van der Waals surface area contributed by atoms with Gasteiger partial charge >= 0.3 is 0 Å². The highest BCUT2D eigenvalue weighted by Crippen LogP contribution is 2.16. The molecule has 4 nitrogen and oxygen atoms in total. The van der Waals surface area contributed by atoms with Crippen molar-refractivity contribution in [3.8, 4) is 11.8 Å². The normalized spacial score (nSPS) is 10.1. The Morgan fingerprint density at radius 3 is 2.62 bits per heavy atom. The fraction of sp³-hybridized carbons (Fsp3) is 0.182. The molecule has 0 saturated carbocycles. The lowest BCUT2D eigenvalue weighted by Crippen LogP contribution is -2.01. The zero-order valence-corrected chi connectivity index (χ0v) is 9.44. The topological polar surface area (TPSA) is 54.5 Å². The van der Waals surface area contributed by atoms with E-state index in [1.165, 1.54) is 0 Å². The van der Waals surface area contributed by atoms with Crippen molar-refractivity contribution in [1.29, 1.82) is 5.26 Å². The minimum Gasteiger partial charge on any atom is -0.216 e. The fourth-order valence-corrected chi connectivity index (χ4v) is 1.62. The molecule has 0 N–H and O–H groups in total. The van der Waals surface area contributed by atoms with Gasteiger partial charge in [-0.1, -0.05) is 23.7 Å². The summed E-state index contributed by atoms with van der Waals surface area (Å²) in [5.41, 5.74) is 2.04. The van der Waals surface area contributed by atoms with E-state index in [1.54, 1.807) is 16.8 Å². The van der Waals surface area contributed by atoms with Gasteiger partial charge in [0.05, 0.1) is 11.4 Å². The highest BCUT2D eigenvalue weighted by atomic mass is 35.5. The first-order valence-corrected chi connectivity index (χ1v) is 5.24. The molecule has 0 saturated heterocycles. The van der Waals surface area contributed by atoms with Gasteiger partial charge in [-0.15, -0.1) is 5.10 Å². The van der Waals surface area contributed by atoms with Crippen LogP contribution in [0.5, 0.6) is 0 Å². The Bertz CT molecular complexity index is 536. The van der Waals surface area contributed by atoms with E-state index in [4.69, 9.17) is 16.9 Å². The standard InChI is InChI=1S/C11H9ClN4/c1-2-11-10(7-13)14-15-16(11)9-5-3-8(12)4-6-9/h3-6H,2H2,1H3. The second-order valence-electron chi connectivity index (χ2n) is 3.24. The van der Waals surface area contributed by atoms with Crippen molar-refractivity contribution in [1.82, 2.24) is 15.0 Å². The third-order valence-electron chi connectivity index (χ3n) is 2.28. The van der Waals surface area contributed by atoms with Gasteiger partial charge in [0.1, 0.15) is 6.07 Å². The summed E-state index contributed by atoms with van der Waals surface area (Å²) in [6.45, 7) is 1.96. The van der Waals surface area contributed by atoms with Gasteiger partial charge in [-0.25, -0.2) is 4.68 Å². The molecule has 0 aliphatic carbocycles. The maximum atomic E-state index is 8.87. The molecule has 0 aliphatic heterocycles. The van der Waals surface area contributed by atoms with Gasteiger partial charge in [-0.2, -0.15) is 5.26 Å². The average Bonchev–Trinajstić information content (AvgIpc) is 2.72. The number of aromatic nitrogens is 3. The molecule has 0 radical (unpaired) electrons. The summed E-state index contributed by atoms with van der Waals surface area (Å²) in [7, 11) is 0. The zero-order valence-electron chi connectivity index (χ0n) is 8.68. The second-order valence-corrected chi connectivity index (χ2v) is 3.67. The lowest BCUT2D eigenvalue weighted by molar-refractivity contribution is 0.767. The zero-order chi connectivity index (χ0) is 11.5. The van der Waals surface area contributed by atoms with Crippen molar-refractivity contribution in [2.75, 3.05) is 0 Å². The highest BCUT2D eigenvalue weighted by molar-refractivity contribution is 6.30. The Hall–Kier alpha value is -1.86. The van der Waals surface area contributed by atoms with E-state index < -0.39 is 0 Å². The number of hydrogen-bond donors (Lipinski definition) is 0. The molecule has 1 aromatic heterocycles. The quantitative estimate of drug-likeness (QED) is 0.799. The summed E-state index contributed by atoms with van der Waals surface area (Å²) >= 11 is 5.81. The molecule has 80 valence electrons. The Balaban J connectivity index is 2.52. The van der Waals surface area contributed by atoms with E-state index in [0.717, 1.165) is 11.4 Å². The van der Waals surface area contributed by atoms with Crippen LogP contribution in [0.4, 0.5) is 0 Å². The van der Waals surface area contributed by atoms with Crippen LogP contribution in [0.3, 0.4) is 0 Å². The van der Waals surface area contributed by atoms with E-state index in [0.29, 0.717) is 17.1 Å². The minimum atomic E-state index is 0.373. The van der Waals surface area contributed by atoms with Crippen molar-refractivity contribution in [3.05, 3.63) is 40.7 Å². The third kappa shape index (κ3) is 1.77. The van der Waals surface area contributed by atoms with Crippen LogP contribution in [-0.2, 0) is 6.42 Å². The molecule has 1 heterocycles. The van der Waals surface area contributed by atoms with Gasteiger partial charge in [0, 0.05) is 5.02 Å². The molecular weight excluding hydrogens is 224 g/mol. The smallest absolute Gasteiger partial charge is 0.186 e. The Morgan fingerprint density at radius 1 is 1.38 bits per heavy atom. The highest BCUT2D eigenvalue weighted by Gasteiger charge is 2.11. The van der Waals surface area contributed by atoms with Gasteiger partial charge in [-0.3, -0.25) is 0 Å². The van der Waals surface area contributed by atoms with E-state index in [-0.39, 0.29) is 0 Å². The molecule has 2 rings (SSSR count). The lowest BCUT2D eigenvalue weighted by Gasteiger charge is -2.04. The maximum absolute atomic E-state index is 8.87. The summed E-state index contributed by atoms with van der Waals surface area (Å²) in [5, 5.41) is 17.3. The first-order valence-electron chi connectivity index (χ1n) is 4.87. The second kappa shape index (κ2) is 4.33. The SMILES string of the molecule is CCc1c(C#N)nnn1-c1ccc(Cl)cc1. The molecule has 1 aromatic carbocycles. The molecule has 0 spiro atoms. The Kier molecular flexibility index (Phi) is 2.88. The summed E-state index contributed by atoms with van der Waals surface area (Å²) in [4.78, 5) is 0. The van der Waals surface area contributed by atoms with E-state index >= 15 is 0 Å². The Morgan fingerprint density at radius 2 is 2.06 bits per heavy atom. The van der Waals surface area contributed by atoms with Crippen LogP contribution in [0.25, 0.3) is 5.69 Å². The van der Waals surface area contributed by atoms with Crippen molar-refractivity contribution in [2.24, 2.45) is 0 Å². The van der Waals surface area contributed by atoms with Crippen LogP contribution < -0.4 is 0 Å². The molecule has 2 aromatic rings. The molecule has 0 amide bonds. The summed E-state index contributed by atoms with van der Waals surface area (Å²) in [6, 6.07) is 9.28. The van der Waals surface area contributed by atoms with Crippen LogP contribution in [0.15, 0.2) is 24.3 Å². The third-order valence-corrected chi connectivity index (χ3v) is 2.53. The lowest BCUT2D eigenvalue weighted by atomic mass is 10.2. The van der Waals surface area contributed by atoms with Crippen molar-refractivity contribution in [3.63, 3.8) is 0 Å². The van der Waals surface area contributed by atoms with Gasteiger partial charge in [-0.05, 0) is 30.7 Å². The van der Waals surface area contributed by atoms with Crippen molar-refractivity contribution in [2.45, 2.75) is 13.3 Å². The van der Waals surface area contributed by atoms with Crippen LogP contribution in [0.1, 0.15) is 18.3 Å². The number of hydrogen-bond acceptors (Lipinski definition) is 3. The van der Waals surface area contributed by atoms with Gasteiger partial charge in [0.15, 0.2) is 5.69 Å². The molecule has 0 bridgehead atoms. The number of benzene rings is 1. The van der Waals surface area contributed by atoms with Crippen LogP contribution >= 0.6 is 11.6 Å². The molecule has 0 atom stereocenters. The number of rotatable bonds is 2. The molecule has 5 heteroatoms. The largest absolute Gasteiger partial charge is 0.216 e. The summed E-state index contributed by atoms with van der Waals surface area (Å²) in [5.74, 6) is 0.